The zero-order chi connectivity index (χ0) is 9.10. The van der Waals surface area contributed by atoms with Gasteiger partial charge in [-0.1, -0.05) is 6.42 Å². The van der Waals surface area contributed by atoms with Crippen LogP contribution in [0.5, 0.6) is 0 Å². The van der Waals surface area contributed by atoms with Gasteiger partial charge in [0.05, 0.1) is 0 Å². The lowest BCUT2D eigenvalue weighted by atomic mass is 9.97. The Morgan fingerprint density at radius 3 is 2.62 bits per heavy atom. The zero-order valence-electron chi connectivity index (χ0n) is 8.76. The molecule has 0 aromatic carbocycles. The number of hydrogen-bond donors (Lipinski definition) is 1. The standard InChI is InChI=1S/C11H22N2/c1-10(11-5-6-12-9-11)13-7-3-2-4-8-13/h10-12H,2-9H2,1H3/t10-,11+/m0/s1. The van der Waals surface area contributed by atoms with Crippen molar-refractivity contribution in [2.45, 2.75) is 38.6 Å². The Balaban J connectivity index is 1.83. The summed E-state index contributed by atoms with van der Waals surface area (Å²) in [4.78, 5) is 2.70. The van der Waals surface area contributed by atoms with Crippen LogP contribution in [0.2, 0.25) is 0 Å². The largest absolute Gasteiger partial charge is 0.316 e. The molecule has 13 heavy (non-hydrogen) atoms. The molecule has 0 amide bonds. The number of nitrogens with one attached hydrogen (secondary N) is 1. The fourth-order valence-electron chi connectivity index (χ4n) is 2.71. The molecule has 0 unspecified atom stereocenters. The molecule has 2 saturated heterocycles. The third-order valence-corrected chi connectivity index (χ3v) is 3.75. The van der Waals surface area contributed by atoms with E-state index in [2.05, 4.69) is 17.1 Å². The molecular formula is C11H22N2. The predicted octanol–water partition coefficient (Wildman–Crippen LogP) is 1.47. The minimum Gasteiger partial charge on any atom is -0.316 e. The smallest absolute Gasteiger partial charge is 0.0108 e. The van der Waals surface area contributed by atoms with Gasteiger partial charge >= 0.3 is 0 Å². The van der Waals surface area contributed by atoms with Crippen LogP contribution >= 0.6 is 0 Å². The maximum absolute atomic E-state index is 3.47. The molecule has 2 atom stereocenters. The second-order valence-electron chi connectivity index (χ2n) is 4.59. The maximum atomic E-state index is 3.47. The average Bonchev–Trinajstić information content (AvgIpc) is 2.71. The maximum Gasteiger partial charge on any atom is 0.0108 e. The predicted molar refractivity (Wildman–Crippen MR) is 55.9 cm³/mol. The van der Waals surface area contributed by atoms with Crippen molar-refractivity contribution in [3.8, 4) is 0 Å². The first-order valence-corrected chi connectivity index (χ1v) is 5.82. The lowest BCUT2D eigenvalue weighted by Crippen LogP contribution is -2.42. The van der Waals surface area contributed by atoms with Crippen molar-refractivity contribution in [3.05, 3.63) is 0 Å². The van der Waals surface area contributed by atoms with E-state index in [1.54, 1.807) is 0 Å². The van der Waals surface area contributed by atoms with E-state index in [4.69, 9.17) is 0 Å². The van der Waals surface area contributed by atoms with Crippen LogP contribution < -0.4 is 5.32 Å². The number of hydrogen-bond acceptors (Lipinski definition) is 2. The van der Waals surface area contributed by atoms with Gasteiger partial charge in [0.15, 0.2) is 0 Å². The van der Waals surface area contributed by atoms with E-state index in [9.17, 15) is 0 Å². The van der Waals surface area contributed by atoms with Crippen LogP contribution in [0.25, 0.3) is 0 Å². The van der Waals surface area contributed by atoms with Crippen molar-refractivity contribution < 1.29 is 0 Å². The first-order valence-electron chi connectivity index (χ1n) is 5.82. The van der Waals surface area contributed by atoms with Crippen LogP contribution in [-0.2, 0) is 0 Å². The summed E-state index contributed by atoms with van der Waals surface area (Å²) in [6, 6.07) is 0.815. The molecule has 1 N–H and O–H groups in total. The summed E-state index contributed by atoms with van der Waals surface area (Å²) in [6.07, 6.45) is 5.68. The highest BCUT2D eigenvalue weighted by atomic mass is 15.2. The Hall–Kier alpha value is -0.0800. The zero-order valence-corrected chi connectivity index (χ0v) is 8.76. The topological polar surface area (TPSA) is 15.3 Å². The second kappa shape index (κ2) is 4.43. The summed E-state index contributed by atoms with van der Waals surface area (Å²) in [6.45, 7) is 7.60. The van der Waals surface area contributed by atoms with E-state index in [0.29, 0.717) is 0 Å². The molecule has 0 saturated carbocycles. The van der Waals surface area contributed by atoms with E-state index in [1.165, 1.54) is 51.9 Å². The number of rotatable bonds is 2. The van der Waals surface area contributed by atoms with Gasteiger partial charge in [-0.15, -0.1) is 0 Å². The Morgan fingerprint density at radius 2 is 2.00 bits per heavy atom. The third kappa shape index (κ3) is 2.23. The molecule has 0 aliphatic carbocycles. The van der Waals surface area contributed by atoms with Gasteiger partial charge in [0.25, 0.3) is 0 Å². The van der Waals surface area contributed by atoms with E-state index in [1.807, 2.05) is 0 Å². The molecule has 2 aliphatic rings. The van der Waals surface area contributed by atoms with Gasteiger partial charge in [0.1, 0.15) is 0 Å². The van der Waals surface area contributed by atoms with Gasteiger partial charge < -0.3 is 10.2 Å². The van der Waals surface area contributed by atoms with Gasteiger partial charge in [-0.3, -0.25) is 0 Å². The van der Waals surface area contributed by atoms with Gasteiger partial charge in [-0.25, -0.2) is 0 Å². The average molecular weight is 182 g/mol. The normalized spacial score (nSPS) is 33.5. The van der Waals surface area contributed by atoms with E-state index < -0.39 is 0 Å². The summed E-state index contributed by atoms with van der Waals surface area (Å²) in [5.41, 5.74) is 0. The molecule has 2 heteroatoms. The van der Waals surface area contributed by atoms with Crippen molar-refractivity contribution in [1.82, 2.24) is 10.2 Å². The Labute approximate surface area is 81.7 Å². The fraction of sp³-hybridized carbons (Fsp3) is 1.00. The molecule has 76 valence electrons. The van der Waals surface area contributed by atoms with Crippen LogP contribution in [-0.4, -0.2) is 37.1 Å². The lowest BCUT2D eigenvalue weighted by Gasteiger charge is -2.35. The monoisotopic (exact) mass is 182 g/mol. The van der Waals surface area contributed by atoms with E-state index in [0.717, 1.165) is 12.0 Å². The molecule has 2 nitrogen and oxygen atoms in total. The molecular weight excluding hydrogens is 160 g/mol. The minimum absolute atomic E-state index is 0.815. The first kappa shape index (κ1) is 9.47. The van der Waals surface area contributed by atoms with Gasteiger partial charge in [0.2, 0.25) is 0 Å². The lowest BCUT2D eigenvalue weighted by molar-refractivity contribution is 0.134. The SMILES string of the molecule is C[C@@H]([C@@H]1CCNC1)N1CCCCC1. The summed E-state index contributed by atoms with van der Waals surface area (Å²) >= 11 is 0. The molecule has 2 fully saturated rings. The number of nitrogens with zero attached hydrogens (tertiary/aromatic N) is 1. The van der Waals surface area contributed by atoms with Gasteiger partial charge in [-0.2, -0.15) is 0 Å². The molecule has 0 radical (unpaired) electrons. The van der Waals surface area contributed by atoms with Crippen molar-refractivity contribution in [2.75, 3.05) is 26.2 Å². The summed E-state index contributed by atoms with van der Waals surface area (Å²) in [5.74, 6) is 0.915. The third-order valence-electron chi connectivity index (χ3n) is 3.75. The van der Waals surface area contributed by atoms with E-state index >= 15 is 0 Å². The number of piperidine rings is 1. The highest BCUT2D eigenvalue weighted by Gasteiger charge is 2.26. The van der Waals surface area contributed by atoms with Crippen LogP contribution in [0.15, 0.2) is 0 Å². The van der Waals surface area contributed by atoms with Crippen LogP contribution in [0, 0.1) is 5.92 Å². The minimum atomic E-state index is 0.815. The molecule has 0 aromatic heterocycles. The highest BCUT2D eigenvalue weighted by molar-refractivity contribution is 4.83. The first-order chi connectivity index (χ1) is 6.38. The van der Waals surface area contributed by atoms with E-state index in [-0.39, 0.29) is 0 Å². The molecule has 2 aliphatic heterocycles. The van der Waals surface area contributed by atoms with Crippen molar-refractivity contribution in [3.63, 3.8) is 0 Å². The Morgan fingerprint density at radius 1 is 1.23 bits per heavy atom. The van der Waals surface area contributed by atoms with Gasteiger partial charge in [0, 0.05) is 6.04 Å². The summed E-state index contributed by atoms with van der Waals surface area (Å²) in [7, 11) is 0. The highest BCUT2D eigenvalue weighted by Crippen LogP contribution is 2.21. The summed E-state index contributed by atoms with van der Waals surface area (Å²) < 4.78 is 0. The van der Waals surface area contributed by atoms with Crippen LogP contribution in [0.4, 0.5) is 0 Å². The molecule has 2 rings (SSSR count). The molecule has 0 aromatic rings. The van der Waals surface area contributed by atoms with Crippen molar-refractivity contribution >= 4 is 0 Å². The quantitative estimate of drug-likeness (QED) is 0.695. The van der Waals surface area contributed by atoms with Crippen molar-refractivity contribution in [2.24, 2.45) is 5.92 Å². The van der Waals surface area contributed by atoms with Crippen LogP contribution in [0.3, 0.4) is 0 Å². The Kier molecular flexibility index (Phi) is 3.23. The second-order valence-corrected chi connectivity index (χ2v) is 4.59. The summed E-state index contributed by atoms with van der Waals surface area (Å²) in [5, 5.41) is 3.47. The molecule has 2 heterocycles. The number of likely N-dealkylation sites (tertiary alicyclic amines) is 1. The Bertz CT molecular complexity index is 146. The fourth-order valence-corrected chi connectivity index (χ4v) is 2.71. The molecule has 0 spiro atoms. The van der Waals surface area contributed by atoms with Crippen LogP contribution in [0.1, 0.15) is 32.6 Å². The van der Waals surface area contributed by atoms with Crippen molar-refractivity contribution in [1.29, 1.82) is 0 Å². The van der Waals surface area contributed by atoms with Gasteiger partial charge in [-0.05, 0) is 58.3 Å². The molecule has 0 bridgehead atoms.